The van der Waals surface area contributed by atoms with Gasteiger partial charge >= 0.3 is 0 Å². The van der Waals surface area contributed by atoms with Crippen molar-refractivity contribution in [2.24, 2.45) is 0 Å². The molecule has 0 unspecified atom stereocenters. The lowest BCUT2D eigenvalue weighted by Crippen LogP contribution is -2.42. The van der Waals surface area contributed by atoms with Gasteiger partial charge in [-0.3, -0.25) is 4.79 Å². The van der Waals surface area contributed by atoms with Gasteiger partial charge in [-0.2, -0.15) is 0 Å². The van der Waals surface area contributed by atoms with Gasteiger partial charge in [0.05, 0.1) is 7.11 Å². The van der Waals surface area contributed by atoms with Crippen molar-refractivity contribution >= 4 is 5.91 Å². The molecule has 2 aliphatic rings. The molecule has 0 N–H and O–H groups in total. The molecule has 2 fully saturated rings. The largest absolute Gasteiger partial charge is 0.496 e. The van der Waals surface area contributed by atoms with Crippen LogP contribution in [0.5, 0.6) is 5.75 Å². The monoisotopic (exact) mass is 289 g/mol. The minimum absolute atomic E-state index is 0.185. The average molecular weight is 289 g/mol. The topological polar surface area (TPSA) is 38.8 Å². The number of rotatable bonds is 4. The van der Waals surface area contributed by atoms with E-state index in [0.717, 1.165) is 51.0 Å². The fourth-order valence-corrected chi connectivity index (χ4v) is 3.42. The number of methoxy groups -OCH3 is 1. The van der Waals surface area contributed by atoms with Crippen LogP contribution in [0.1, 0.15) is 31.2 Å². The Kier molecular flexibility index (Phi) is 4.44. The first-order valence-electron chi connectivity index (χ1n) is 7.83. The lowest BCUT2D eigenvalue weighted by Gasteiger charge is -2.27. The van der Waals surface area contributed by atoms with Crippen LogP contribution < -0.4 is 4.74 Å². The summed E-state index contributed by atoms with van der Waals surface area (Å²) in [4.78, 5) is 14.6. The van der Waals surface area contributed by atoms with E-state index >= 15 is 0 Å². The van der Waals surface area contributed by atoms with Gasteiger partial charge in [-0.1, -0.05) is 18.2 Å². The van der Waals surface area contributed by atoms with Gasteiger partial charge < -0.3 is 14.4 Å². The van der Waals surface area contributed by atoms with E-state index in [-0.39, 0.29) is 18.1 Å². The Morgan fingerprint density at radius 1 is 1.33 bits per heavy atom. The normalized spacial score (nSPS) is 25.3. The summed E-state index contributed by atoms with van der Waals surface area (Å²) in [6.45, 7) is 1.58. The SMILES string of the molecule is COc1ccccc1C[C@@H]1CCCN1C(=O)[C@H]1CCCO1. The average Bonchev–Trinajstić information content (AvgIpc) is 3.18. The number of likely N-dealkylation sites (tertiary alicyclic amines) is 1. The number of amides is 1. The molecule has 0 aromatic heterocycles. The number of carbonyl (C=O) groups is 1. The van der Waals surface area contributed by atoms with Crippen molar-refractivity contribution in [3.05, 3.63) is 29.8 Å². The minimum atomic E-state index is -0.205. The molecule has 4 nitrogen and oxygen atoms in total. The predicted octanol–water partition coefficient (Wildman–Crippen LogP) is 2.41. The molecule has 0 aliphatic carbocycles. The van der Waals surface area contributed by atoms with Crippen LogP contribution >= 0.6 is 0 Å². The predicted molar refractivity (Wildman–Crippen MR) is 80.4 cm³/mol. The van der Waals surface area contributed by atoms with Crippen LogP contribution in [0, 0.1) is 0 Å². The first kappa shape index (κ1) is 14.4. The van der Waals surface area contributed by atoms with E-state index < -0.39 is 0 Å². The lowest BCUT2D eigenvalue weighted by molar-refractivity contribution is -0.141. The number of ether oxygens (including phenoxy) is 2. The third kappa shape index (κ3) is 3.05. The van der Waals surface area contributed by atoms with Gasteiger partial charge in [-0.05, 0) is 43.7 Å². The smallest absolute Gasteiger partial charge is 0.251 e. The number of nitrogens with zero attached hydrogens (tertiary/aromatic N) is 1. The van der Waals surface area contributed by atoms with Gasteiger partial charge in [-0.25, -0.2) is 0 Å². The summed E-state index contributed by atoms with van der Waals surface area (Å²) in [7, 11) is 1.70. The second kappa shape index (κ2) is 6.48. The number of hydrogen-bond acceptors (Lipinski definition) is 3. The maximum absolute atomic E-state index is 12.6. The summed E-state index contributed by atoms with van der Waals surface area (Å²) in [6.07, 6.45) is 4.68. The van der Waals surface area contributed by atoms with Gasteiger partial charge in [0.25, 0.3) is 5.91 Å². The molecule has 2 saturated heterocycles. The zero-order valence-corrected chi connectivity index (χ0v) is 12.6. The maximum atomic E-state index is 12.6. The molecule has 4 heteroatoms. The number of hydrogen-bond donors (Lipinski definition) is 0. The van der Waals surface area contributed by atoms with Crippen LogP contribution in [-0.4, -0.2) is 43.2 Å². The Labute approximate surface area is 126 Å². The van der Waals surface area contributed by atoms with E-state index in [4.69, 9.17) is 9.47 Å². The molecule has 0 bridgehead atoms. The standard InChI is InChI=1S/C17H23NO3/c1-20-15-8-3-2-6-13(15)12-14-7-4-10-18(14)17(19)16-9-5-11-21-16/h2-3,6,8,14,16H,4-5,7,9-12H2,1H3/t14-,16+/m0/s1. The molecule has 2 aliphatic heterocycles. The highest BCUT2D eigenvalue weighted by Gasteiger charge is 2.35. The summed E-state index contributed by atoms with van der Waals surface area (Å²) in [5, 5.41) is 0. The third-order valence-electron chi connectivity index (χ3n) is 4.51. The molecule has 0 saturated carbocycles. The van der Waals surface area contributed by atoms with Crippen molar-refractivity contribution in [2.45, 2.75) is 44.2 Å². The minimum Gasteiger partial charge on any atom is -0.496 e. The maximum Gasteiger partial charge on any atom is 0.251 e. The van der Waals surface area contributed by atoms with E-state index in [1.54, 1.807) is 7.11 Å². The molecule has 2 atom stereocenters. The molecule has 0 radical (unpaired) electrons. The van der Waals surface area contributed by atoms with Crippen molar-refractivity contribution in [1.82, 2.24) is 4.90 Å². The van der Waals surface area contributed by atoms with Crippen molar-refractivity contribution < 1.29 is 14.3 Å². The highest BCUT2D eigenvalue weighted by Crippen LogP contribution is 2.28. The fourth-order valence-electron chi connectivity index (χ4n) is 3.42. The number of para-hydroxylation sites is 1. The summed E-state index contributed by atoms with van der Waals surface area (Å²) in [5.41, 5.74) is 1.18. The zero-order valence-electron chi connectivity index (χ0n) is 12.6. The van der Waals surface area contributed by atoms with Gasteiger partial charge in [0.15, 0.2) is 0 Å². The Balaban J connectivity index is 1.70. The van der Waals surface area contributed by atoms with Crippen LogP contribution in [0.25, 0.3) is 0 Å². The second-order valence-corrected chi connectivity index (χ2v) is 5.85. The molecule has 114 valence electrons. The van der Waals surface area contributed by atoms with Crippen LogP contribution in [0.2, 0.25) is 0 Å². The van der Waals surface area contributed by atoms with Crippen LogP contribution in [0.15, 0.2) is 24.3 Å². The Hall–Kier alpha value is -1.55. The van der Waals surface area contributed by atoms with Gasteiger partial charge in [0.1, 0.15) is 11.9 Å². The molecule has 0 spiro atoms. The molecule has 3 rings (SSSR count). The lowest BCUT2D eigenvalue weighted by atomic mass is 10.0. The summed E-state index contributed by atoms with van der Waals surface area (Å²) in [6, 6.07) is 8.35. The molecule has 21 heavy (non-hydrogen) atoms. The Morgan fingerprint density at radius 3 is 2.95 bits per heavy atom. The highest BCUT2D eigenvalue weighted by molar-refractivity contribution is 5.81. The second-order valence-electron chi connectivity index (χ2n) is 5.85. The van der Waals surface area contributed by atoms with Gasteiger partial charge in [0, 0.05) is 19.2 Å². The van der Waals surface area contributed by atoms with Gasteiger partial charge in [0.2, 0.25) is 0 Å². The van der Waals surface area contributed by atoms with E-state index in [1.165, 1.54) is 5.56 Å². The first-order valence-corrected chi connectivity index (χ1v) is 7.83. The van der Waals surface area contributed by atoms with Crippen LogP contribution in [0.4, 0.5) is 0 Å². The Bertz CT molecular complexity index is 497. The van der Waals surface area contributed by atoms with E-state index in [0.29, 0.717) is 0 Å². The Morgan fingerprint density at radius 2 is 2.19 bits per heavy atom. The molecule has 2 heterocycles. The summed E-state index contributed by atoms with van der Waals surface area (Å²) < 4.78 is 11.0. The first-order chi connectivity index (χ1) is 10.3. The van der Waals surface area contributed by atoms with Crippen molar-refractivity contribution in [3.63, 3.8) is 0 Å². The van der Waals surface area contributed by atoms with Crippen LogP contribution in [0.3, 0.4) is 0 Å². The quantitative estimate of drug-likeness (QED) is 0.854. The van der Waals surface area contributed by atoms with E-state index in [1.807, 2.05) is 23.1 Å². The van der Waals surface area contributed by atoms with E-state index in [9.17, 15) is 4.79 Å². The zero-order chi connectivity index (χ0) is 14.7. The molecule has 1 aromatic carbocycles. The molecular formula is C17H23NO3. The molecule has 1 aromatic rings. The van der Waals surface area contributed by atoms with Crippen molar-refractivity contribution in [3.8, 4) is 5.75 Å². The van der Waals surface area contributed by atoms with Gasteiger partial charge in [-0.15, -0.1) is 0 Å². The molecular weight excluding hydrogens is 266 g/mol. The van der Waals surface area contributed by atoms with Crippen molar-refractivity contribution in [2.75, 3.05) is 20.3 Å². The van der Waals surface area contributed by atoms with Crippen molar-refractivity contribution in [1.29, 1.82) is 0 Å². The summed E-state index contributed by atoms with van der Waals surface area (Å²) >= 11 is 0. The number of carbonyl (C=O) groups excluding carboxylic acids is 1. The highest BCUT2D eigenvalue weighted by atomic mass is 16.5. The summed E-state index contributed by atoms with van der Waals surface area (Å²) in [5.74, 6) is 1.10. The van der Waals surface area contributed by atoms with E-state index in [2.05, 4.69) is 6.07 Å². The fraction of sp³-hybridized carbons (Fsp3) is 0.588. The van der Waals surface area contributed by atoms with Crippen LogP contribution in [-0.2, 0) is 16.0 Å². The number of benzene rings is 1. The molecule has 1 amide bonds. The third-order valence-corrected chi connectivity index (χ3v) is 4.51.